The molecule has 18 N–H and O–H groups in total. The Bertz CT molecular complexity index is 5060. The van der Waals surface area contributed by atoms with E-state index in [2.05, 4.69) is 66.5 Å². The first-order valence-electron chi connectivity index (χ1n) is 40.6. The van der Waals surface area contributed by atoms with Crippen LogP contribution in [0.15, 0.2) is 97.3 Å². The number of carboxylic acid groups (broad SMARTS) is 3. The third kappa shape index (κ3) is 38.2. The van der Waals surface area contributed by atoms with Crippen LogP contribution in [0.1, 0.15) is 225 Å². The quantitative estimate of drug-likeness (QED) is 0.0124. The number of carboxylic acids is 3. The number of nitrogens with zero attached hydrogens (tertiary/aromatic N) is 10. The van der Waals surface area contributed by atoms with Crippen LogP contribution in [0.3, 0.4) is 0 Å². The monoisotopic (exact) mass is 1850 g/mol. The lowest BCUT2D eigenvalue weighted by Gasteiger charge is -2.19. The van der Waals surface area contributed by atoms with Crippen molar-refractivity contribution in [1.29, 1.82) is 0 Å². The number of anilines is 6. The van der Waals surface area contributed by atoms with E-state index in [-0.39, 0.29) is 158 Å². The van der Waals surface area contributed by atoms with E-state index >= 15 is 0 Å². The lowest BCUT2D eigenvalue weighted by Crippen LogP contribution is -2.41. The smallest absolute Gasteiger partial charge is 0.345 e. The molecule has 0 fully saturated rings. The Hall–Kier alpha value is -12.1. The molecule has 4 aromatic heterocycles. The number of unbranched alkanes of at least 4 members (excludes halogenated alkanes) is 8. The molecule has 128 heavy (non-hydrogen) atoms. The van der Waals surface area contributed by atoms with Crippen molar-refractivity contribution < 1.29 is 77.6 Å². The van der Waals surface area contributed by atoms with Crippen molar-refractivity contribution in [3.63, 3.8) is 0 Å². The predicted molar refractivity (Wildman–Crippen MR) is 496 cm³/mol. The van der Waals surface area contributed by atoms with Crippen molar-refractivity contribution in [2.24, 2.45) is 23.5 Å². The van der Waals surface area contributed by atoms with Gasteiger partial charge in [-0.05, 0) is 155 Å². The first-order chi connectivity index (χ1) is 59.4. The summed E-state index contributed by atoms with van der Waals surface area (Å²) in [4.78, 5) is 184. The Labute approximate surface area is 764 Å². The molecule has 0 aliphatic heterocycles. The lowest BCUT2D eigenvalue weighted by molar-refractivity contribution is -0.164. The molecule has 0 saturated carbocycles. The van der Waals surface area contributed by atoms with Crippen LogP contribution in [0.4, 0.5) is 34.9 Å². The van der Waals surface area contributed by atoms with E-state index in [0.717, 1.165) is 69.2 Å². The Balaban J connectivity index is 0.000000546. The number of esters is 1. The highest BCUT2D eigenvalue weighted by atomic mass is 35.5. The van der Waals surface area contributed by atoms with Crippen LogP contribution in [0.25, 0.3) is 22.3 Å². The highest BCUT2D eigenvalue weighted by molar-refractivity contribution is 6.36. The average Bonchev–Trinajstić information content (AvgIpc) is 0.807. The van der Waals surface area contributed by atoms with Crippen molar-refractivity contribution in [2.45, 2.75) is 203 Å². The number of halogens is 4. The number of rotatable bonds is 48. The zero-order valence-corrected chi connectivity index (χ0v) is 73.4. The number of fused-ring (bicyclic) bond motifs is 2. The molecular weight excluding hydrogens is 1730 g/mol. The minimum atomic E-state index is -1.24. The SMILES string of the molecule is C.C.C.CC(C)C[C@H](CC(=O)CNC(=O)c1cc(Cl)ccc1Cl)C(=O)NCCCCCCCC(=O)CC[C@H](NC(=O)c1ccc(N(C)Cc2cnc3nc(N)nc(N)c3n2)cc1)C(=O)O.CC(C)C[C@H](OC(=O)CNC(=O)c1cc(Cl)ccc1Cl)C(=O)O.CN(Cc1cnc2nc(N)nc(N)c2n1)c1ccc(C(=O)N[C@@H](CCC(=O)CCCCCCCN)C(=O)O)cc1. The van der Waals surface area contributed by atoms with Gasteiger partial charge in [0.25, 0.3) is 23.6 Å². The van der Waals surface area contributed by atoms with Gasteiger partial charge in [0, 0.05) is 91.2 Å². The van der Waals surface area contributed by atoms with E-state index in [1.807, 2.05) is 51.6 Å². The number of ether oxygens (including phenoxy) is 1. The number of hydrogen-bond donors (Lipinski definition) is 13. The molecule has 40 heteroatoms. The van der Waals surface area contributed by atoms with Crippen LogP contribution in [-0.4, -0.2) is 184 Å². The maximum atomic E-state index is 13.0. The molecule has 5 amide bonds. The lowest BCUT2D eigenvalue weighted by atomic mass is 9.91. The summed E-state index contributed by atoms with van der Waals surface area (Å²) in [6.07, 6.45) is 12.0. The van der Waals surface area contributed by atoms with Gasteiger partial charge in [-0.25, -0.2) is 34.3 Å². The number of ketones is 3. The van der Waals surface area contributed by atoms with Crippen LogP contribution in [0.5, 0.6) is 0 Å². The molecule has 4 aromatic carbocycles. The maximum absolute atomic E-state index is 13.0. The number of aliphatic carboxylic acids is 3. The van der Waals surface area contributed by atoms with Gasteiger partial charge in [-0.15, -0.1) is 0 Å². The molecule has 4 atom stereocenters. The van der Waals surface area contributed by atoms with Gasteiger partial charge in [-0.2, -0.15) is 19.9 Å². The van der Waals surface area contributed by atoms with Crippen molar-refractivity contribution in [3.8, 4) is 0 Å². The van der Waals surface area contributed by atoms with E-state index in [1.54, 1.807) is 67.0 Å². The first kappa shape index (κ1) is 110. The topological polar surface area (TPSA) is 575 Å². The molecule has 4 heterocycles. The number of carbonyl (C=O) groups excluding carboxylic acids is 9. The standard InChI is InChI=1S/C43H54Cl2N10O7.C27H37N9O4.C15H17Cl2NO5.3CH4/c1-25(2)19-27(20-32(57)23-50-41(60)33-21-28(44)12-16-34(33)45)39(58)48-18-8-6-4-5-7-9-31(56)15-17-35(42(61)62)52-40(59)26-10-13-30(14-11-26)55(3)24-29-22-49-38-36(51-29)37(46)53-43(47)54-38;1-36(16-18-15-31-24-22(32-18)23(29)34-27(30)35-24)19-10-8-17(9-11-19)25(38)33-21(26(39)40)13-12-20(37)7-5-3-2-4-6-14-28;1-8(2)5-12(15(21)22)23-13(19)7-18-14(20)10-6-9(16)3-4-11(10)17;;;/h10-14,16,21-22,25,27,35H,4-9,15,17-20,23-24H2,1-3H3,(H,48,58)(H,50,60)(H,52,59)(H,61,62)(H4,46,47,49,53,54);8-11,15,21H,2-7,12-14,16,28H2,1H3,(H,33,38)(H,39,40)(H4,29,30,31,34,35);3-4,6,8,12H,5,7H2,1-2H3,(H,18,20)(H,21,22);3*1H4/t27-,35+;21-;12-;;;/m100.../s1. The number of benzene rings is 4. The molecular formula is C88H120Cl4N20O16. The van der Waals surface area contributed by atoms with Crippen LogP contribution >= 0.6 is 46.4 Å². The van der Waals surface area contributed by atoms with Crippen LogP contribution < -0.4 is 65.1 Å². The number of nitrogens with one attached hydrogen (secondary N) is 5. The number of aromatic nitrogens is 8. The van der Waals surface area contributed by atoms with E-state index in [4.69, 9.17) is 84.9 Å². The number of amides is 5. The van der Waals surface area contributed by atoms with Crippen molar-refractivity contribution in [1.82, 2.24) is 66.5 Å². The summed E-state index contributed by atoms with van der Waals surface area (Å²) in [5.74, 6) is -7.28. The molecule has 0 aliphatic rings. The van der Waals surface area contributed by atoms with Gasteiger partial charge in [0.1, 0.15) is 30.2 Å². The third-order valence-corrected chi connectivity index (χ3v) is 20.3. The second-order valence-electron chi connectivity index (χ2n) is 30.4. The molecule has 0 aliphatic carbocycles. The molecule has 0 bridgehead atoms. The van der Waals surface area contributed by atoms with Gasteiger partial charge >= 0.3 is 23.9 Å². The Morgan fingerprint density at radius 1 is 0.461 bits per heavy atom. The highest BCUT2D eigenvalue weighted by Crippen LogP contribution is 2.26. The van der Waals surface area contributed by atoms with Crippen LogP contribution in [0, 0.1) is 17.8 Å². The number of nitrogen functional groups attached to an aromatic ring is 4. The number of Topliss-reactive ketones (excluding diaryl/α,β-unsaturated/α-hetero) is 3. The normalized spacial score (nSPS) is 11.7. The molecule has 0 unspecified atom stereocenters. The number of carbonyl (C=O) groups is 12. The number of hydrogen-bond acceptors (Lipinski definition) is 28. The summed E-state index contributed by atoms with van der Waals surface area (Å²) >= 11 is 23.7. The Kier molecular flexibility index (Phi) is 48.3. The fraction of sp³-hybridized carbons (Fsp3) is 0.455. The van der Waals surface area contributed by atoms with Crippen molar-refractivity contribution in [3.05, 3.63) is 151 Å². The van der Waals surface area contributed by atoms with Gasteiger partial charge in [0.15, 0.2) is 45.9 Å². The zero-order valence-electron chi connectivity index (χ0n) is 70.4. The van der Waals surface area contributed by atoms with E-state index in [0.29, 0.717) is 95.5 Å². The molecule has 696 valence electrons. The summed E-state index contributed by atoms with van der Waals surface area (Å²) in [7, 11) is 3.68. The van der Waals surface area contributed by atoms with E-state index in [9.17, 15) is 67.7 Å². The Morgan fingerprint density at radius 3 is 1.27 bits per heavy atom. The maximum Gasteiger partial charge on any atom is 0.345 e. The predicted octanol–water partition coefficient (Wildman–Crippen LogP) is 12.3. The molecule has 0 saturated heterocycles. The zero-order chi connectivity index (χ0) is 92.0. The first-order valence-corrected chi connectivity index (χ1v) is 42.1. The summed E-state index contributed by atoms with van der Waals surface area (Å²) in [6.45, 7) is 8.73. The van der Waals surface area contributed by atoms with E-state index in [1.165, 1.54) is 30.3 Å². The minimum Gasteiger partial charge on any atom is -0.480 e. The fourth-order valence-electron chi connectivity index (χ4n) is 12.6. The highest BCUT2D eigenvalue weighted by Gasteiger charge is 2.28. The Morgan fingerprint density at radius 2 is 0.867 bits per heavy atom. The fourth-order valence-corrected chi connectivity index (χ4v) is 13.4. The van der Waals surface area contributed by atoms with Gasteiger partial charge in [-0.1, -0.05) is 135 Å². The van der Waals surface area contributed by atoms with Gasteiger partial charge < -0.3 is 85.1 Å². The second-order valence-corrected chi connectivity index (χ2v) is 32.1. The van der Waals surface area contributed by atoms with Gasteiger partial charge in [0.2, 0.25) is 17.8 Å². The summed E-state index contributed by atoms with van der Waals surface area (Å²) in [5.41, 5.74) is 33.5. The molecule has 36 nitrogen and oxygen atoms in total. The average molecular weight is 1860 g/mol. The molecule has 0 radical (unpaired) electrons. The van der Waals surface area contributed by atoms with Crippen LogP contribution in [0.2, 0.25) is 20.1 Å². The van der Waals surface area contributed by atoms with Gasteiger partial charge in [-0.3, -0.25) is 43.2 Å². The molecule has 8 aromatic rings. The second kappa shape index (κ2) is 56.2. The van der Waals surface area contributed by atoms with E-state index < -0.39 is 78.2 Å². The van der Waals surface area contributed by atoms with Gasteiger partial charge in [0.05, 0.1) is 64.6 Å². The minimum absolute atomic E-state index is 0. The molecule has 8 rings (SSSR count). The molecule has 0 spiro atoms. The third-order valence-electron chi connectivity index (χ3n) is 19.2. The van der Waals surface area contributed by atoms with Crippen molar-refractivity contribution >= 4 is 174 Å². The summed E-state index contributed by atoms with van der Waals surface area (Å²) in [6, 6.07) is 19.8. The summed E-state index contributed by atoms with van der Waals surface area (Å²) in [5, 5.41) is 42.2. The summed E-state index contributed by atoms with van der Waals surface area (Å²) < 4.78 is 4.85. The number of nitrogens with two attached hydrogens (primary N) is 5. The van der Waals surface area contributed by atoms with Crippen molar-refractivity contribution in [2.75, 3.05) is 73.0 Å². The van der Waals surface area contributed by atoms with Crippen LogP contribution in [-0.2, 0) is 56.2 Å². The largest absolute Gasteiger partial charge is 0.480 e.